The highest BCUT2D eigenvalue weighted by atomic mass is 32.2. The summed E-state index contributed by atoms with van der Waals surface area (Å²) in [6.45, 7) is 2.52. The second kappa shape index (κ2) is 6.36. The van der Waals surface area contributed by atoms with Crippen molar-refractivity contribution < 1.29 is 12.6 Å². The molecule has 0 aliphatic rings. The van der Waals surface area contributed by atoms with Crippen molar-refractivity contribution in [3.05, 3.63) is 18.2 Å². The fourth-order valence-electron chi connectivity index (χ4n) is 1.45. The lowest BCUT2D eigenvalue weighted by molar-refractivity contribution is 0.598. The fraction of sp³-hybridized carbons (Fsp3) is 0.455. The van der Waals surface area contributed by atoms with E-state index in [-0.39, 0.29) is 10.1 Å². The van der Waals surface area contributed by atoms with Gasteiger partial charge in [-0.3, -0.25) is 4.21 Å². The molecule has 1 aromatic carbocycles. The van der Waals surface area contributed by atoms with Crippen LogP contribution in [0.1, 0.15) is 13.3 Å². The molecule has 0 aliphatic heterocycles. The maximum absolute atomic E-state index is 11.2. The van der Waals surface area contributed by atoms with Crippen molar-refractivity contribution in [3.63, 3.8) is 0 Å². The van der Waals surface area contributed by atoms with Gasteiger partial charge in [-0.2, -0.15) is 0 Å². The Balaban J connectivity index is 2.69. The Morgan fingerprint density at radius 3 is 2.53 bits per heavy atom. The Hall–Kier alpha value is -1.12. The van der Waals surface area contributed by atoms with Gasteiger partial charge >= 0.3 is 0 Å². The Labute approximate surface area is 116 Å². The molecule has 0 saturated heterocycles. The lowest BCUT2D eigenvalue weighted by Crippen LogP contribution is -2.16. The second-order valence-electron chi connectivity index (χ2n) is 4.32. The third kappa shape index (κ3) is 4.81. The first kappa shape index (κ1) is 15.9. The van der Waals surface area contributed by atoms with Crippen LogP contribution in [0.25, 0.3) is 0 Å². The SMILES string of the molecule is CC(CCNc1ccc(S(N)(=O)=O)cc1N)S(C)=O. The number of hydrogen-bond acceptors (Lipinski definition) is 5. The van der Waals surface area contributed by atoms with E-state index in [2.05, 4.69) is 5.32 Å². The van der Waals surface area contributed by atoms with Crippen molar-refractivity contribution in [1.82, 2.24) is 0 Å². The zero-order valence-electron chi connectivity index (χ0n) is 10.9. The molecule has 0 aromatic heterocycles. The molecule has 2 unspecified atom stereocenters. The molecule has 19 heavy (non-hydrogen) atoms. The summed E-state index contributed by atoms with van der Waals surface area (Å²) in [5, 5.41) is 8.19. The zero-order valence-corrected chi connectivity index (χ0v) is 12.6. The Morgan fingerprint density at radius 1 is 1.42 bits per heavy atom. The zero-order chi connectivity index (χ0) is 14.6. The molecule has 0 bridgehead atoms. The van der Waals surface area contributed by atoms with E-state index in [9.17, 15) is 12.6 Å². The molecule has 0 amide bonds. The molecule has 1 aromatic rings. The van der Waals surface area contributed by atoms with Crippen LogP contribution in [-0.4, -0.2) is 30.7 Å². The molecule has 0 saturated carbocycles. The van der Waals surface area contributed by atoms with E-state index in [0.717, 1.165) is 6.42 Å². The number of hydrogen-bond donors (Lipinski definition) is 3. The van der Waals surface area contributed by atoms with Gasteiger partial charge in [0.25, 0.3) is 0 Å². The van der Waals surface area contributed by atoms with Gasteiger partial charge in [0.05, 0.1) is 16.3 Å². The van der Waals surface area contributed by atoms with E-state index in [4.69, 9.17) is 10.9 Å². The standard InChI is InChI=1S/C11H19N3O3S2/c1-8(18(2)15)5-6-14-11-4-3-9(7-10(11)12)19(13,16)17/h3-4,7-8,14H,5-6,12H2,1-2H3,(H2,13,16,17). The van der Waals surface area contributed by atoms with Crippen molar-refractivity contribution in [2.45, 2.75) is 23.5 Å². The molecule has 2 atom stereocenters. The summed E-state index contributed by atoms with van der Waals surface area (Å²) in [5.41, 5.74) is 6.71. The minimum Gasteiger partial charge on any atom is -0.397 e. The normalized spacial score (nSPS) is 14.9. The van der Waals surface area contributed by atoms with Crippen LogP contribution in [0.4, 0.5) is 11.4 Å². The number of nitrogens with one attached hydrogen (secondary N) is 1. The quantitative estimate of drug-likeness (QED) is 0.661. The molecule has 0 spiro atoms. The summed E-state index contributed by atoms with van der Waals surface area (Å²) >= 11 is 0. The predicted molar refractivity (Wildman–Crippen MR) is 78.9 cm³/mol. The number of anilines is 2. The monoisotopic (exact) mass is 305 g/mol. The summed E-state index contributed by atoms with van der Waals surface area (Å²) in [6, 6.07) is 4.29. The summed E-state index contributed by atoms with van der Waals surface area (Å²) in [5.74, 6) is 0. The van der Waals surface area contributed by atoms with Crippen LogP contribution in [0.5, 0.6) is 0 Å². The van der Waals surface area contributed by atoms with Crippen LogP contribution < -0.4 is 16.2 Å². The van der Waals surface area contributed by atoms with Gasteiger partial charge in [-0.25, -0.2) is 13.6 Å². The molecule has 0 radical (unpaired) electrons. The van der Waals surface area contributed by atoms with Gasteiger partial charge in [0, 0.05) is 28.9 Å². The van der Waals surface area contributed by atoms with Gasteiger partial charge in [0.2, 0.25) is 10.0 Å². The van der Waals surface area contributed by atoms with E-state index in [1.165, 1.54) is 12.1 Å². The largest absolute Gasteiger partial charge is 0.397 e. The maximum Gasteiger partial charge on any atom is 0.238 e. The average molecular weight is 305 g/mol. The third-order valence-electron chi connectivity index (χ3n) is 2.78. The molecular formula is C11H19N3O3S2. The lowest BCUT2D eigenvalue weighted by atomic mass is 10.2. The molecule has 0 fully saturated rings. The number of sulfonamides is 1. The smallest absolute Gasteiger partial charge is 0.238 e. The minimum atomic E-state index is -3.74. The molecule has 1 rings (SSSR count). The van der Waals surface area contributed by atoms with Crippen molar-refractivity contribution in [1.29, 1.82) is 0 Å². The van der Waals surface area contributed by atoms with Crippen LogP contribution in [0.2, 0.25) is 0 Å². The Morgan fingerprint density at radius 2 is 2.05 bits per heavy atom. The van der Waals surface area contributed by atoms with Gasteiger partial charge in [0.15, 0.2) is 0 Å². The van der Waals surface area contributed by atoms with E-state index in [1.807, 2.05) is 6.92 Å². The molecular weight excluding hydrogens is 286 g/mol. The lowest BCUT2D eigenvalue weighted by Gasteiger charge is -2.12. The highest BCUT2D eigenvalue weighted by Gasteiger charge is 2.10. The summed E-state index contributed by atoms with van der Waals surface area (Å²) in [7, 11) is -4.59. The summed E-state index contributed by atoms with van der Waals surface area (Å²) < 4.78 is 33.5. The Kier molecular flexibility index (Phi) is 5.33. The minimum absolute atomic E-state index is 0.0152. The number of benzene rings is 1. The summed E-state index contributed by atoms with van der Waals surface area (Å²) in [6.07, 6.45) is 2.40. The van der Waals surface area contributed by atoms with Gasteiger partial charge in [0.1, 0.15) is 0 Å². The van der Waals surface area contributed by atoms with Gasteiger partial charge in [-0.15, -0.1) is 0 Å². The first-order valence-corrected chi connectivity index (χ1v) is 8.87. The van der Waals surface area contributed by atoms with E-state index in [0.29, 0.717) is 17.9 Å². The number of nitrogens with two attached hydrogens (primary N) is 2. The predicted octanol–water partition coefficient (Wildman–Crippen LogP) is 0.485. The van der Waals surface area contributed by atoms with Gasteiger partial charge < -0.3 is 11.1 Å². The highest BCUT2D eigenvalue weighted by molar-refractivity contribution is 7.89. The molecule has 6 nitrogen and oxygen atoms in total. The maximum atomic E-state index is 11.2. The molecule has 108 valence electrons. The molecule has 0 aliphatic carbocycles. The van der Waals surface area contributed by atoms with Crippen LogP contribution in [0.3, 0.4) is 0 Å². The number of rotatable bonds is 6. The van der Waals surface area contributed by atoms with E-state index in [1.54, 1.807) is 12.3 Å². The highest BCUT2D eigenvalue weighted by Crippen LogP contribution is 2.22. The molecule has 0 heterocycles. The first-order valence-electron chi connectivity index (χ1n) is 5.70. The van der Waals surface area contributed by atoms with Gasteiger partial charge in [-0.05, 0) is 24.6 Å². The molecule has 5 N–H and O–H groups in total. The molecule has 8 heteroatoms. The number of primary sulfonamides is 1. The Bertz CT molecular complexity index is 573. The van der Waals surface area contributed by atoms with E-state index >= 15 is 0 Å². The average Bonchev–Trinajstić information content (AvgIpc) is 2.29. The van der Waals surface area contributed by atoms with Crippen molar-refractivity contribution in [2.24, 2.45) is 5.14 Å². The first-order chi connectivity index (χ1) is 8.71. The van der Waals surface area contributed by atoms with Crippen LogP contribution >= 0.6 is 0 Å². The van der Waals surface area contributed by atoms with E-state index < -0.39 is 20.8 Å². The summed E-state index contributed by atoms with van der Waals surface area (Å²) in [4.78, 5) is -0.0152. The van der Waals surface area contributed by atoms with Gasteiger partial charge in [-0.1, -0.05) is 6.92 Å². The topological polar surface area (TPSA) is 115 Å². The van der Waals surface area contributed by atoms with Crippen LogP contribution in [0.15, 0.2) is 23.1 Å². The van der Waals surface area contributed by atoms with Crippen molar-refractivity contribution in [2.75, 3.05) is 23.9 Å². The van der Waals surface area contributed by atoms with Crippen molar-refractivity contribution in [3.8, 4) is 0 Å². The van der Waals surface area contributed by atoms with Crippen molar-refractivity contribution >= 4 is 32.2 Å². The third-order valence-corrected chi connectivity index (χ3v) is 5.06. The second-order valence-corrected chi connectivity index (χ2v) is 7.68. The van der Waals surface area contributed by atoms with Crippen LogP contribution in [0, 0.1) is 0 Å². The number of nitrogen functional groups attached to an aromatic ring is 1. The van der Waals surface area contributed by atoms with Crippen LogP contribution in [-0.2, 0) is 20.8 Å². The fourth-order valence-corrected chi connectivity index (χ4v) is 2.45.